The Morgan fingerprint density at radius 3 is 2.46 bits per heavy atom. The van der Waals surface area contributed by atoms with Crippen LogP contribution in [0.15, 0.2) is 70.6 Å². The summed E-state index contributed by atoms with van der Waals surface area (Å²) in [5.41, 5.74) is 0.0517. The average Bonchev–Trinajstić information content (AvgIpc) is 3.00. The predicted molar refractivity (Wildman–Crippen MR) is 167 cm³/mol. The van der Waals surface area contributed by atoms with Crippen LogP contribution in [0, 0.1) is 12.7 Å². The highest BCUT2D eigenvalue weighted by Gasteiger charge is 2.33. The number of amides is 1. The van der Waals surface area contributed by atoms with Gasteiger partial charge in [0.2, 0.25) is 25.8 Å². The van der Waals surface area contributed by atoms with E-state index < -0.39 is 64.8 Å². The van der Waals surface area contributed by atoms with Crippen molar-refractivity contribution in [3.8, 4) is 5.75 Å². The summed E-state index contributed by atoms with van der Waals surface area (Å²) in [6.07, 6.45) is 2.26. The van der Waals surface area contributed by atoms with Crippen LogP contribution in [-0.4, -0.2) is 71.8 Å². The maximum atomic E-state index is 14.1. The highest BCUT2D eigenvalue weighted by Crippen LogP contribution is 2.37. The molecule has 4 aromatic rings. The number of anilines is 1. The molecule has 1 aliphatic heterocycles. The van der Waals surface area contributed by atoms with E-state index in [2.05, 4.69) is 15.3 Å². The lowest BCUT2D eigenvalue weighted by molar-refractivity contribution is 0.0944. The summed E-state index contributed by atoms with van der Waals surface area (Å²) in [5.74, 6) is -2.72. The van der Waals surface area contributed by atoms with Gasteiger partial charge in [0.1, 0.15) is 16.2 Å². The van der Waals surface area contributed by atoms with Gasteiger partial charge in [-0.25, -0.2) is 30.5 Å². The number of benzene rings is 2. The van der Waals surface area contributed by atoms with Crippen molar-refractivity contribution in [2.75, 3.05) is 30.7 Å². The monoisotopic (exact) mass is 691 g/mol. The van der Waals surface area contributed by atoms with Gasteiger partial charge in [-0.1, -0.05) is 23.8 Å². The van der Waals surface area contributed by atoms with Crippen LogP contribution in [0.25, 0.3) is 10.9 Å². The number of carbonyl (C=O) groups is 1. The number of nitrogens with zero attached hydrogens (tertiary/aromatic N) is 4. The summed E-state index contributed by atoms with van der Waals surface area (Å²) in [4.78, 5) is 21.8. The van der Waals surface area contributed by atoms with Gasteiger partial charge in [-0.05, 0) is 61.7 Å². The van der Waals surface area contributed by atoms with Crippen molar-refractivity contribution in [3.63, 3.8) is 0 Å². The van der Waals surface area contributed by atoms with E-state index in [1.807, 2.05) is 0 Å². The molecule has 1 amide bonds. The maximum Gasteiger partial charge on any atom is 0.339 e. The molecular weight excluding hydrogens is 662 g/mol. The van der Waals surface area contributed by atoms with Crippen LogP contribution in [-0.2, 0) is 36.7 Å². The standard InChI is InChI=1S/C29H30FN5O8S3/c1-19-8-12-22(13-9-19)46(41,42)43-27-25-23(7-6-14-31-25)28(35-15-4-5-16-44(35,37)38)33-26(27)29(36)32-18-20-10-11-21(30)17-24(20)45(39,40)34(2)3/h6-14,17H,4-5,15-16,18H2,1-3H3,(H,32,36). The molecule has 0 bridgehead atoms. The highest BCUT2D eigenvalue weighted by molar-refractivity contribution is 7.92. The Labute approximate surface area is 266 Å². The van der Waals surface area contributed by atoms with Gasteiger partial charge in [0.25, 0.3) is 5.91 Å². The molecule has 46 heavy (non-hydrogen) atoms. The minimum absolute atomic E-state index is 0.0240. The first-order valence-electron chi connectivity index (χ1n) is 13.9. The molecule has 0 saturated carbocycles. The Bertz CT molecular complexity index is 2160. The number of halogens is 1. The maximum absolute atomic E-state index is 14.1. The zero-order chi connectivity index (χ0) is 33.4. The highest BCUT2D eigenvalue weighted by atomic mass is 32.2. The molecule has 13 nitrogen and oxygen atoms in total. The first-order chi connectivity index (χ1) is 21.6. The third-order valence-corrected chi connectivity index (χ3v) is 12.2. The molecule has 0 atom stereocenters. The number of aryl methyl sites for hydroxylation is 1. The largest absolute Gasteiger partial charge is 0.374 e. The van der Waals surface area contributed by atoms with Crippen molar-refractivity contribution in [2.24, 2.45) is 0 Å². The van der Waals surface area contributed by atoms with Crippen LogP contribution in [0.5, 0.6) is 5.75 Å². The first-order valence-corrected chi connectivity index (χ1v) is 18.4. The van der Waals surface area contributed by atoms with Crippen LogP contribution in [0.4, 0.5) is 10.2 Å². The van der Waals surface area contributed by atoms with E-state index in [4.69, 9.17) is 4.18 Å². The zero-order valence-corrected chi connectivity index (χ0v) is 27.4. The smallest absolute Gasteiger partial charge is 0.339 e. The summed E-state index contributed by atoms with van der Waals surface area (Å²) in [6, 6.07) is 11.8. The molecule has 17 heteroatoms. The lowest BCUT2D eigenvalue weighted by Crippen LogP contribution is -2.39. The van der Waals surface area contributed by atoms with E-state index in [1.54, 1.807) is 19.1 Å². The van der Waals surface area contributed by atoms with E-state index >= 15 is 0 Å². The molecule has 1 saturated heterocycles. The molecule has 0 spiro atoms. The van der Waals surface area contributed by atoms with E-state index in [9.17, 15) is 34.4 Å². The Morgan fingerprint density at radius 2 is 1.78 bits per heavy atom. The zero-order valence-electron chi connectivity index (χ0n) is 25.0. The molecule has 1 N–H and O–H groups in total. The molecule has 2 aromatic carbocycles. The molecule has 244 valence electrons. The molecule has 0 radical (unpaired) electrons. The van der Waals surface area contributed by atoms with Gasteiger partial charge < -0.3 is 9.50 Å². The van der Waals surface area contributed by atoms with E-state index in [0.717, 1.165) is 26.3 Å². The summed E-state index contributed by atoms with van der Waals surface area (Å²) >= 11 is 0. The minimum atomic E-state index is -4.56. The number of sulfonamides is 2. The Kier molecular flexibility index (Phi) is 9.05. The third kappa shape index (κ3) is 6.53. The van der Waals surface area contributed by atoms with Gasteiger partial charge in [-0.15, -0.1) is 0 Å². The van der Waals surface area contributed by atoms with Crippen LogP contribution in [0.1, 0.15) is 34.5 Å². The molecule has 2 aromatic heterocycles. The van der Waals surface area contributed by atoms with E-state index in [-0.39, 0.29) is 39.5 Å². The van der Waals surface area contributed by atoms with Crippen LogP contribution in [0.3, 0.4) is 0 Å². The summed E-state index contributed by atoms with van der Waals surface area (Å²) in [5, 5.41) is 2.62. The average molecular weight is 692 g/mol. The van der Waals surface area contributed by atoms with Gasteiger partial charge in [0.15, 0.2) is 11.5 Å². The van der Waals surface area contributed by atoms with Gasteiger partial charge in [0, 0.05) is 38.8 Å². The summed E-state index contributed by atoms with van der Waals surface area (Å²) in [7, 11) is -10.0. The number of aromatic nitrogens is 2. The quantitative estimate of drug-likeness (QED) is 0.257. The molecule has 0 unspecified atom stereocenters. The fourth-order valence-corrected chi connectivity index (χ4v) is 8.45. The minimum Gasteiger partial charge on any atom is -0.374 e. The van der Waals surface area contributed by atoms with Crippen LogP contribution < -0.4 is 13.8 Å². The lowest BCUT2D eigenvalue weighted by atomic mass is 10.1. The molecule has 1 fully saturated rings. The molecular formula is C29H30FN5O8S3. The third-order valence-electron chi connectivity index (χ3n) is 7.23. The first kappa shape index (κ1) is 33.2. The van der Waals surface area contributed by atoms with Crippen molar-refractivity contribution in [3.05, 3.63) is 83.4 Å². The lowest BCUT2D eigenvalue weighted by Gasteiger charge is -2.28. The Hall–Kier alpha value is -4.19. The fraction of sp³-hybridized carbons (Fsp3) is 0.276. The molecule has 3 heterocycles. The Morgan fingerprint density at radius 1 is 1.07 bits per heavy atom. The topological polar surface area (TPSA) is 173 Å². The second kappa shape index (κ2) is 12.5. The van der Waals surface area contributed by atoms with Crippen LogP contribution >= 0.6 is 0 Å². The Balaban J connectivity index is 1.65. The number of fused-ring (bicyclic) bond motifs is 1. The number of nitrogens with one attached hydrogen (secondary N) is 1. The number of pyridine rings is 2. The molecule has 0 aliphatic carbocycles. The predicted octanol–water partition coefficient (Wildman–Crippen LogP) is 2.96. The van der Waals surface area contributed by atoms with Gasteiger partial charge >= 0.3 is 10.1 Å². The number of carbonyl (C=O) groups excluding carboxylic acids is 1. The van der Waals surface area contributed by atoms with E-state index in [0.29, 0.717) is 12.8 Å². The summed E-state index contributed by atoms with van der Waals surface area (Å²) < 4.78 is 100. The number of hydrogen-bond acceptors (Lipinski definition) is 10. The summed E-state index contributed by atoms with van der Waals surface area (Å²) in [6.45, 7) is 1.37. The fourth-order valence-electron chi connectivity index (χ4n) is 4.78. The second-order valence-electron chi connectivity index (χ2n) is 10.7. The normalized spacial score (nSPS) is 15.2. The van der Waals surface area contributed by atoms with Crippen molar-refractivity contribution < 1.29 is 38.6 Å². The van der Waals surface area contributed by atoms with Gasteiger partial charge in [-0.3, -0.25) is 14.1 Å². The van der Waals surface area contributed by atoms with Crippen molar-refractivity contribution in [2.45, 2.75) is 36.1 Å². The molecule has 1 aliphatic rings. The van der Waals surface area contributed by atoms with E-state index in [1.165, 1.54) is 50.6 Å². The van der Waals surface area contributed by atoms with Crippen molar-refractivity contribution >= 4 is 52.8 Å². The van der Waals surface area contributed by atoms with Gasteiger partial charge in [0.05, 0.1) is 10.6 Å². The number of rotatable bonds is 9. The number of hydrogen-bond donors (Lipinski definition) is 1. The van der Waals surface area contributed by atoms with Crippen molar-refractivity contribution in [1.82, 2.24) is 19.6 Å². The second-order valence-corrected chi connectivity index (χ2v) is 16.4. The SMILES string of the molecule is Cc1ccc(S(=O)(=O)Oc2c(C(=O)NCc3ccc(F)cc3S(=O)(=O)N(C)C)nc(N3CCCCS3(=O)=O)c3cccnc23)cc1. The van der Waals surface area contributed by atoms with Crippen LogP contribution in [0.2, 0.25) is 0 Å². The van der Waals surface area contributed by atoms with Gasteiger partial charge in [-0.2, -0.15) is 8.42 Å². The molecule has 5 rings (SSSR count). The van der Waals surface area contributed by atoms with Crippen molar-refractivity contribution in [1.29, 1.82) is 0 Å².